The molecule has 2 N–H and O–H groups in total. The Labute approximate surface area is 231 Å². The van der Waals surface area contributed by atoms with Crippen LogP contribution in [0.15, 0.2) is 53.9 Å². The van der Waals surface area contributed by atoms with E-state index in [-0.39, 0.29) is 40.7 Å². The van der Waals surface area contributed by atoms with E-state index in [0.29, 0.717) is 30.7 Å². The number of aromatic nitrogens is 5. The molecule has 5 heterocycles. The van der Waals surface area contributed by atoms with Gasteiger partial charge in [0.2, 0.25) is 5.91 Å². The maximum atomic E-state index is 13.3. The van der Waals surface area contributed by atoms with Crippen LogP contribution in [0.4, 0.5) is 14.5 Å². The number of carbonyl (C=O) groups excluding carboxylic acids is 2. The van der Waals surface area contributed by atoms with Gasteiger partial charge < -0.3 is 20.3 Å². The van der Waals surface area contributed by atoms with Crippen LogP contribution < -0.4 is 15.4 Å². The van der Waals surface area contributed by atoms with Crippen LogP contribution in [0.25, 0.3) is 16.9 Å². The van der Waals surface area contributed by atoms with Gasteiger partial charge in [0.25, 0.3) is 5.91 Å². The van der Waals surface area contributed by atoms with Gasteiger partial charge in [0.15, 0.2) is 5.65 Å². The molecule has 4 aromatic rings. The molecule has 2 aliphatic rings. The van der Waals surface area contributed by atoms with Crippen molar-refractivity contribution in [1.82, 2.24) is 34.6 Å². The second-order valence-corrected chi connectivity index (χ2v) is 10.5. The minimum absolute atomic E-state index is 0.0756. The molecule has 0 bridgehead atoms. The van der Waals surface area contributed by atoms with E-state index < -0.39 is 12.5 Å². The topological polar surface area (TPSA) is 119 Å². The van der Waals surface area contributed by atoms with E-state index in [1.807, 2.05) is 11.2 Å². The fourth-order valence-corrected chi connectivity index (χ4v) is 5.72. The molecule has 0 radical (unpaired) electrons. The van der Waals surface area contributed by atoms with Crippen molar-refractivity contribution in [3.63, 3.8) is 0 Å². The number of hydrogen-bond acceptors (Lipinski definition) is 8. The third-order valence-electron chi connectivity index (χ3n) is 7.20. The number of fused-ring (bicyclic) bond motifs is 2. The predicted octanol–water partition coefficient (Wildman–Crippen LogP) is 2.99. The molecule has 0 unspecified atom stereocenters. The molecule has 0 saturated carbocycles. The van der Waals surface area contributed by atoms with Crippen molar-refractivity contribution in [2.45, 2.75) is 30.5 Å². The summed E-state index contributed by atoms with van der Waals surface area (Å²) < 4.78 is 34.3. The number of nitrogens with one attached hydrogen (secondary N) is 2. The third-order valence-corrected chi connectivity index (χ3v) is 7.93. The highest BCUT2D eigenvalue weighted by atomic mass is 32.2. The van der Waals surface area contributed by atoms with Crippen LogP contribution in [-0.2, 0) is 11.3 Å². The van der Waals surface area contributed by atoms with Gasteiger partial charge in [-0.1, -0.05) is 0 Å². The van der Waals surface area contributed by atoms with E-state index >= 15 is 0 Å². The van der Waals surface area contributed by atoms with Crippen LogP contribution in [0.1, 0.15) is 16.8 Å². The third kappa shape index (κ3) is 5.11. The quantitative estimate of drug-likeness (QED) is 0.312. The molecule has 2 atom stereocenters. The van der Waals surface area contributed by atoms with Gasteiger partial charge in [-0.05, 0) is 49.4 Å². The fraction of sp³-hybridized carbons (Fsp3) is 0.346. The Morgan fingerprint density at radius 3 is 2.98 bits per heavy atom. The molecule has 1 aromatic carbocycles. The van der Waals surface area contributed by atoms with Crippen molar-refractivity contribution >= 4 is 34.9 Å². The maximum absolute atomic E-state index is 13.3. The number of likely N-dealkylation sites (tertiary alicyclic amines) is 1. The minimum atomic E-state index is -3.06. The predicted molar refractivity (Wildman–Crippen MR) is 143 cm³/mol. The zero-order chi connectivity index (χ0) is 27.8. The van der Waals surface area contributed by atoms with E-state index in [9.17, 15) is 18.4 Å². The SMILES string of the molecule is CSc1ccc(OC(F)F)c(-c2nn(CC(=O)N3C[C@@H]4CCN[C@@H]4C3)cc2NC(=O)c2cnn3cccnc23)c1. The maximum Gasteiger partial charge on any atom is 0.387 e. The van der Waals surface area contributed by atoms with Gasteiger partial charge in [-0.15, -0.1) is 11.8 Å². The Morgan fingerprint density at radius 2 is 2.17 bits per heavy atom. The Kier molecular flexibility index (Phi) is 7.11. The lowest BCUT2D eigenvalue weighted by Crippen LogP contribution is -2.36. The van der Waals surface area contributed by atoms with Crippen LogP contribution in [0, 0.1) is 5.92 Å². The fourth-order valence-electron chi connectivity index (χ4n) is 5.28. The molecule has 40 heavy (non-hydrogen) atoms. The highest BCUT2D eigenvalue weighted by Crippen LogP contribution is 2.38. The van der Waals surface area contributed by atoms with Crippen molar-refractivity contribution in [2.75, 3.05) is 31.2 Å². The second-order valence-electron chi connectivity index (χ2n) is 9.64. The first-order chi connectivity index (χ1) is 19.4. The molecular formula is C26H26F2N8O3S. The molecule has 2 fully saturated rings. The van der Waals surface area contributed by atoms with Crippen molar-refractivity contribution < 1.29 is 23.1 Å². The number of anilines is 1. The number of alkyl halides is 2. The Balaban J connectivity index is 1.35. The molecule has 0 spiro atoms. The smallest absolute Gasteiger partial charge is 0.387 e. The van der Waals surface area contributed by atoms with Crippen molar-refractivity contribution in [3.05, 3.63) is 54.6 Å². The summed E-state index contributed by atoms with van der Waals surface area (Å²) in [7, 11) is 0. The van der Waals surface area contributed by atoms with Gasteiger partial charge in [0.1, 0.15) is 23.6 Å². The van der Waals surface area contributed by atoms with E-state index in [1.54, 1.807) is 30.6 Å². The second kappa shape index (κ2) is 10.8. The molecule has 14 heteroatoms. The lowest BCUT2D eigenvalue weighted by atomic mass is 10.1. The van der Waals surface area contributed by atoms with E-state index in [1.165, 1.54) is 39.4 Å². The van der Waals surface area contributed by atoms with Crippen LogP contribution >= 0.6 is 11.8 Å². The van der Waals surface area contributed by atoms with Gasteiger partial charge in [0.05, 0.1) is 11.9 Å². The number of halogens is 2. The Morgan fingerprint density at radius 1 is 1.30 bits per heavy atom. The number of nitrogens with zero attached hydrogens (tertiary/aromatic N) is 6. The summed E-state index contributed by atoms with van der Waals surface area (Å²) in [6, 6.07) is 6.75. The van der Waals surface area contributed by atoms with Crippen LogP contribution in [-0.4, -0.2) is 79.6 Å². The van der Waals surface area contributed by atoms with Gasteiger partial charge >= 0.3 is 6.61 Å². The number of thioether (sulfide) groups is 1. The van der Waals surface area contributed by atoms with Gasteiger partial charge in [-0.3, -0.25) is 14.3 Å². The largest absolute Gasteiger partial charge is 0.434 e. The zero-order valence-electron chi connectivity index (χ0n) is 21.5. The molecule has 2 amide bonds. The van der Waals surface area contributed by atoms with Crippen molar-refractivity contribution in [1.29, 1.82) is 0 Å². The summed E-state index contributed by atoms with van der Waals surface area (Å²) in [6.45, 7) is -0.867. The lowest BCUT2D eigenvalue weighted by molar-refractivity contribution is -0.131. The monoisotopic (exact) mass is 568 g/mol. The van der Waals surface area contributed by atoms with Gasteiger partial charge in [0, 0.05) is 48.2 Å². The normalized spacial score (nSPS) is 18.4. The van der Waals surface area contributed by atoms with Crippen molar-refractivity contribution in [2.24, 2.45) is 5.92 Å². The highest BCUT2D eigenvalue weighted by Gasteiger charge is 2.38. The van der Waals surface area contributed by atoms with E-state index in [0.717, 1.165) is 17.9 Å². The molecule has 208 valence electrons. The summed E-state index contributed by atoms with van der Waals surface area (Å²) >= 11 is 1.42. The van der Waals surface area contributed by atoms with Crippen molar-refractivity contribution in [3.8, 4) is 17.0 Å². The first-order valence-electron chi connectivity index (χ1n) is 12.7. The summed E-state index contributed by atoms with van der Waals surface area (Å²) in [5, 5.41) is 15.0. The van der Waals surface area contributed by atoms with E-state index in [2.05, 4.69) is 25.8 Å². The van der Waals surface area contributed by atoms with Gasteiger partial charge in [-0.25, -0.2) is 9.50 Å². The average Bonchev–Trinajstić information content (AvgIpc) is 3.72. The molecule has 11 nitrogen and oxygen atoms in total. The molecule has 6 rings (SSSR count). The highest BCUT2D eigenvalue weighted by molar-refractivity contribution is 7.98. The minimum Gasteiger partial charge on any atom is -0.434 e. The number of rotatable bonds is 8. The first-order valence-corrected chi connectivity index (χ1v) is 13.9. The molecular weight excluding hydrogens is 542 g/mol. The van der Waals surface area contributed by atoms with Gasteiger partial charge in [-0.2, -0.15) is 19.0 Å². The summed E-state index contributed by atoms with van der Waals surface area (Å²) in [4.78, 5) is 33.3. The molecule has 3 aromatic heterocycles. The summed E-state index contributed by atoms with van der Waals surface area (Å²) in [5.41, 5.74) is 1.24. The molecule has 0 aliphatic carbocycles. The molecule has 2 aliphatic heterocycles. The Bertz CT molecular complexity index is 1560. The summed E-state index contributed by atoms with van der Waals surface area (Å²) in [5.74, 6) is -0.292. The van der Waals surface area contributed by atoms with Crippen LogP contribution in [0.3, 0.4) is 0 Å². The summed E-state index contributed by atoms with van der Waals surface area (Å²) in [6.07, 6.45) is 9.02. The Hall–Kier alpha value is -4.04. The standard InChI is InChI=1S/C26H26F2N8O3S/c1-40-16-3-4-21(39-26(27)28)17(9-16)23-20(32-25(38)18-10-31-36-8-2-6-30-24(18)36)13-35(33-23)14-22(37)34-11-15-5-7-29-19(15)12-34/h2-4,6,8-10,13,15,19,26,29H,5,7,11-12,14H2,1H3,(H,32,38)/t15-,19+/m0/s1. The average molecular weight is 569 g/mol. The number of amides is 2. The number of carbonyl (C=O) groups is 2. The van der Waals surface area contributed by atoms with Crippen LogP contribution in [0.2, 0.25) is 0 Å². The number of ether oxygens (including phenoxy) is 1. The molecule has 2 saturated heterocycles. The first kappa shape index (κ1) is 26.2. The van der Waals surface area contributed by atoms with E-state index in [4.69, 9.17) is 4.74 Å². The van der Waals surface area contributed by atoms with Crippen LogP contribution in [0.5, 0.6) is 5.75 Å². The lowest BCUT2D eigenvalue weighted by Gasteiger charge is -2.17. The number of hydrogen-bond donors (Lipinski definition) is 2. The number of benzene rings is 1. The zero-order valence-corrected chi connectivity index (χ0v) is 22.3.